The van der Waals surface area contributed by atoms with Gasteiger partial charge in [-0.3, -0.25) is 0 Å². The van der Waals surface area contributed by atoms with Crippen LogP contribution in [0.5, 0.6) is 0 Å². The van der Waals surface area contributed by atoms with Crippen LogP contribution in [0.4, 0.5) is 5.69 Å². The van der Waals surface area contributed by atoms with Gasteiger partial charge in [0.1, 0.15) is 6.07 Å². The summed E-state index contributed by atoms with van der Waals surface area (Å²) in [6.45, 7) is 6.59. The number of rotatable bonds is 5. The van der Waals surface area contributed by atoms with Crippen molar-refractivity contribution in [2.75, 3.05) is 5.32 Å². The van der Waals surface area contributed by atoms with Crippen molar-refractivity contribution >= 4 is 21.6 Å². The molecule has 1 aromatic carbocycles. The molecule has 1 atom stereocenters. The monoisotopic (exact) mass is 294 g/mol. The van der Waals surface area contributed by atoms with Crippen LogP contribution in [0.25, 0.3) is 0 Å². The molecule has 3 heteroatoms. The molecule has 0 amide bonds. The lowest BCUT2D eigenvalue weighted by Crippen LogP contribution is -2.25. The number of hydrogen-bond acceptors (Lipinski definition) is 2. The number of nitrogens with one attached hydrogen (secondary N) is 1. The number of nitrogens with zero attached hydrogens (tertiary/aromatic N) is 1. The standard InChI is InChI=1S/C14H19BrN2/c1-4-11(5-2)10(3)17-14-8-6-7-13(15)12(14)9-16/h6-8,10-11,17H,4-5H2,1-3H3. The molecule has 0 bridgehead atoms. The van der Waals surface area contributed by atoms with Gasteiger partial charge in [-0.25, -0.2) is 0 Å². The van der Waals surface area contributed by atoms with E-state index in [2.05, 4.69) is 48.1 Å². The van der Waals surface area contributed by atoms with Crippen LogP contribution in [0.1, 0.15) is 39.2 Å². The molecule has 1 rings (SSSR count). The largest absolute Gasteiger partial charge is 0.381 e. The van der Waals surface area contributed by atoms with Crippen LogP contribution >= 0.6 is 15.9 Å². The van der Waals surface area contributed by atoms with Gasteiger partial charge in [0.05, 0.1) is 11.3 Å². The first kappa shape index (κ1) is 14.1. The quantitative estimate of drug-likeness (QED) is 0.864. The minimum Gasteiger partial charge on any atom is -0.381 e. The number of hydrogen-bond donors (Lipinski definition) is 1. The molecule has 0 radical (unpaired) electrons. The molecule has 2 nitrogen and oxygen atoms in total. The SMILES string of the molecule is CCC(CC)C(C)Nc1cccc(Br)c1C#N. The van der Waals surface area contributed by atoms with E-state index in [1.807, 2.05) is 18.2 Å². The first-order chi connectivity index (χ1) is 8.13. The Labute approximate surface area is 112 Å². The molecule has 1 aromatic rings. The molecule has 0 aliphatic carbocycles. The molecule has 1 unspecified atom stereocenters. The van der Waals surface area contributed by atoms with Crippen molar-refractivity contribution in [3.63, 3.8) is 0 Å². The van der Waals surface area contributed by atoms with Crippen molar-refractivity contribution in [3.8, 4) is 6.07 Å². The predicted octanol–water partition coefficient (Wildman–Crippen LogP) is 4.56. The fourth-order valence-corrected chi connectivity index (χ4v) is 2.57. The Morgan fingerprint density at radius 2 is 2.00 bits per heavy atom. The minimum absolute atomic E-state index is 0.381. The number of halogens is 1. The van der Waals surface area contributed by atoms with E-state index in [1.54, 1.807) is 0 Å². The summed E-state index contributed by atoms with van der Waals surface area (Å²) in [4.78, 5) is 0. The summed E-state index contributed by atoms with van der Waals surface area (Å²) in [5, 5.41) is 12.6. The summed E-state index contributed by atoms with van der Waals surface area (Å²) in [6, 6.07) is 8.42. The van der Waals surface area contributed by atoms with E-state index >= 15 is 0 Å². The Hall–Kier alpha value is -1.01. The maximum Gasteiger partial charge on any atom is 0.103 e. The molecular weight excluding hydrogens is 276 g/mol. The fraction of sp³-hybridized carbons (Fsp3) is 0.500. The van der Waals surface area contributed by atoms with Crippen molar-refractivity contribution in [3.05, 3.63) is 28.2 Å². The van der Waals surface area contributed by atoms with E-state index in [0.29, 0.717) is 17.5 Å². The molecule has 0 fully saturated rings. The molecule has 0 aliphatic heterocycles. The second-order valence-electron chi connectivity index (χ2n) is 4.28. The van der Waals surface area contributed by atoms with E-state index in [9.17, 15) is 0 Å². The van der Waals surface area contributed by atoms with Gasteiger partial charge in [0.25, 0.3) is 0 Å². The molecule has 0 heterocycles. The van der Waals surface area contributed by atoms with Gasteiger partial charge in [0.15, 0.2) is 0 Å². The number of nitriles is 1. The zero-order chi connectivity index (χ0) is 12.8. The Bertz CT molecular complexity index is 405. The zero-order valence-corrected chi connectivity index (χ0v) is 12.2. The summed E-state index contributed by atoms with van der Waals surface area (Å²) in [6.07, 6.45) is 2.31. The predicted molar refractivity (Wildman–Crippen MR) is 76.0 cm³/mol. The third kappa shape index (κ3) is 3.47. The van der Waals surface area contributed by atoms with Crippen molar-refractivity contribution in [1.29, 1.82) is 5.26 Å². The van der Waals surface area contributed by atoms with Gasteiger partial charge in [-0.15, -0.1) is 0 Å². The molecule has 0 saturated heterocycles. The average molecular weight is 295 g/mol. The topological polar surface area (TPSA) is 35.8 Å². The van der Waals surface area contributed by atoms with Gasteiger partial charge in [-0.2, -0.15) is 5.26 Å². The highest BCUT2D eigenvalue weighted by Crippen LogP contribution is 2.26. The first-order valence-electron chi connectivity index (χ1n) is 6.09. The summed E-state index contributed by atoms with van der Waals surface area (Å²) >= 11 is 3.41. The van der Waals surface area contributed by atoms with Crippen LogP contribution in [0.3, 0.4) is 0 Å². The van der Waals surface area contributed by atoms with E-state index < -0.39 is 0 Å². The Kier molecular flexibility index (Phi) is 5.50. The molecule has 1 N–H and O–H groups in total. The molecule has 92 valence electrons. The summed E-state index contributed by atoms with van der Waals surface area (Å²) in [7, 11) is 0. The first-order valence-corrected chi connectivity index (χ1v) is 6.88. The maximum atomic E-state index is 9.15. The smallest absolute Gasteiger partial charge is 0.103 e. The van der Waals surface area contributed by atoms with Crippen LogP contribution in [-0.2, 0) is 0 Å². The Balaban J connectivity index is 2.89. The summed E-state index contributed by atoms with van der Waals surface area (Å²) < 4.78 is 0.849. The van der Waals surface area contributed by atoms with Crippen LogP contribution in [0.15, 0.2) is 22.7 Å². The maximum absolute atomic E-state index is 9.15. The van der Waals surface area contributed by atoms with Gasteiger partial charge in [0, 0.05) is 10.5 Å². The van der Waals surface area contributed by atoms with E-state index in [4.69, 9.17) is 5.26 Å². The summed E-state index contributed by atoms with van der Waals surface area (Å²) in [5.41, 5.74) is 1.60. The second-order valence-corrected chi connectivity index (χ2v) is 5.14. The molecule has 0 aliphatic rings. The fourth-order valence-electron chi connectivity index (χ4n) is 2.12. The van der Waals surface area contributed by atoms with Crippen LogP contribution < -0.4 is 5.32 Å². The van der Waals surface area contributed by atoms with Crippen molar-refractivity contribution in [1.82, 2.24) is 0 Å². The highest BCUT2D eigenvalue weighted by atomic mass is 79.9. The minimum atomic E-state index is 0.381. The van der Waals surface area contributed by atoms with E-state index in [0.717, 1.165) is 23.0 Å². The van der Waals surface area contributed by atoms with Gasteiger partial charge >= 0.3 is 0 Å². The molecule has 0 aromatic heterocycles. The van der Waals surface area contributed by atoms with Crippen molar-refractivity contribution in [2.45, 2.75) is 39.7 Å². The Morgan fingerprint density at radius 1 is 1.35 bits per heavy atom. The van der Waals surface area contributed by atoms with Crippen LogP contribution in [0, 0.1) is 17.2 Å². The van der Waals surface area contributed by atoms with Crippen molar-refractivity contribution in [2.24, 2.45) is 5.92 Å². The lowest BCUT2D eigenvalue weighted by atomic mass is 9.95. The van der Waals surface area contributed by atoms with Crippen LogP contribution in [0.2, 0.25) is 0 Å². The lowest BCUT2D eigenvalue weighted by molar-refractivity contribution is 0.438. The normalized spacial score (nSPS) is 12.2. The highest BCUT2D eigenvalue weighted by Gasteiger charge is 2.15. The number of anilines is 1. The third-order valence-corrected chi connectivity index (χ3v) is 3.93. The highest BCUT2D eigenvalue weighted by molar-refractivity contribution is 9.10. The van der Waals surface area contributed by atoms with Crippen LogP contribution in [-0.4, -0.2) is 6.04 Å². The Morgan fingerprint density at radius 3 is 2.53 bits per heavy atom. The van der Waals surface area contributed by atoms with Gasteiger partial charge in [-0.1, -0.05) is 32.8 Å². The van der Waals surface area contributed by atoms with Gasteiger partial charge < -0.3 is 5.32 Å². The van der Waals surface area contributed by atoms with E-state index in [-0.39, 0.29) is 0 Å². The second kappa shape index (κ2) is 6.66. The number of benzene rings is 1. The molecular formula is C14H19BrN2. The third-order valence-electron chi connectivity index (χ3n) is 3.26. The molecule has 0 saturated carbocycles. The molecule has 0 spiro atoms. The molecule has 17 heavy (non-hydrogen) atoms. The van der Waals surface area contributed by atoms with Crippen molar-refractivity contribution < 1.29 is 0 Å². The zero-order valence-electron chi connectivity index (χ0n) is 10.6. The van der Waals surface area contributed by atoms with Gasteiger partial charge in [0.2, 0.25) is 0 Å². The van der Waals surface area contributed by atoms with E-state index in [1.165, 1.54) is 0 Å². The lowest BCUT2D eigenvalue weighted by Gasteiger charge is -2.24. The average Bonchev–Trinajstić information content (AvgIpc) is 2.31. The van der Waals surface area contributed by atoms with Gasteiger partial charge in [-0.05, 0) is 40.9 Å². The summed E-state index contributed by atoms with van der Waals surface area (Å²) in [5.74, 6) is 0.639.